The third-order valence-electron chi connectivity index (χ3n) is 3.73. The predicted octanol–water partition coefficient (Wildman–Crippen LogP) is 5.31. The standard InChI is InChI=1S/C19H16ClF3N2O3/c1-26-11-28-16-8-14(27-10-12-2-4-13(20)5-3-12)6-7-15(16)18-24-9-17(25-18)19(21,22)23/h2-9H,10-11H2,1H3,(H,24,25). The summed E-state index contributed by atoms with van der Waals surface area (Å²) in [5, 5.41) is 0.625. The summed E-state index contributed by atoms with van der Waals surface area (Å²) in [6.45, 7) is 0.208. The molecule has 0 unspecified atom stereocenters. The Kier molecular flexibility index (Phi) is 6.11. The van der Waals surface area contributed by atoms with Crippen LogP contribution in [-0.4, -0.2) is 23.9 Å². The minimum Gasteiger partial charge on any atom is -0.489 e. The van der Waals surface area contributed by atoms with E-state index in [1.807, 2.05) is 12.1 Å². The van der Waals surface area contributed by atoms with Crippen molar-refractivity contribution in [2.75, 3.05) is 13.9 Å². The molecule has 0 aliphatic rings. The second-order valence-electron chi connectivity index (χ2n) is 5.76. The lowest BCUT2D eigenvalue weighted by Gasteiger charge is -2.12. The molecular weight excluding hydrogens is 397 g/mol. The normalized spacial score (nSPS) is 11.5. The first-order valence-electron chi connectivity index (χ1n) is 8.13. The first-order valence-corrected chi connectivity index (χ1v) is 8.50. The average Bonchev–Trinajstić information content (AvgIpc) is 3.16. The summed E-state index contributed by atoms with van der Waals surface area (Å²) < 4.78 is 54.5. The molecule has 1 N–H and O–H groups in total. The number of methoxy groups -OCH3 is 1. The first-order chi connectivity index (χ1) is 13.4. The molecular formula is C19H16ClF3N2O3. The van der Waals surface area contributed by atoms with Gasteiger partial charge in [0.2, 0.25) is 0 Å². The van der Waals surface area contributed by atoms with Crippen molar-refractivity contribution in [2.45, 2.75) is 12.8 Å². The van der Waals surface area contributed by atoms with Crippen LogP contribution < -0.4 is 9.47 Å². The molecule has 0 bridgehead atoms. The summed E-state index contributed by atoms with van der Waals surface area (Å²) in [6.07, 6.45) is -3.73. The number of nitrogens with zero attached hydrogens (tertiary/aromatic N) is 1. The second kappa shape index (κ2) is 8.53. The number of aromatic nitrogens is 2. The Balaban J connectivity index is 1.82. The number of hydrogen-bond acceptors (Lipinski definition) is 4. The van der Waals surface area contributed by atoms with E-state index in [4.69, 9.17) is 25.8 Å². The summed E-state index contributed by atoms with van der Waals surface area (Å²) >= 11 is 5.86. The summed E-state index contributed by atoms with van der Waals surface area (Å²) in [6, 6.07) is 11.9. The van der Waals surface area contributed by atoms with Crippen LogP contribution in [0.5, 0.6) is 11.5 Å². The number of H-pyrrole nitrogens is 1. The van der Waals surface area contributed by atoms with Crippen LogP contribution in [0.2, 0.25) is 5.02 Å². The van der Waals surface area contributed by atoms with Crippen molar-refractivity contribution in [3.8, 4) is 22.9 Å². The van der Waals surface area contributed by atoms with Gasteiger partial charge in [0.15, 0.2) is 12.5 Å². The maximum Gasteiger partial charge on any atom is 0.434 e. The highest BCUT2D eigenvalue weighted by Crippen LogP contribution is 2.35. The van der Waals surface area contributed by atoms with E-state index >= 15 is 0 Å². The predicted molar refractivity (Wildman–Crippen MR) is 97.3 cm³/mol. The fourth-order valence-electron chi connectivity index (χ4n) is 2.38. The SMILES string of the molecule is COCOc1cc(OCc2ccc(Cl)cc2)ccc1-c1nc(C(F)(F)F)c[nH]1. The highest BCUT2D eigenvalue weighted by Gasteiger charge is 2.34. The maximum absolute atomic E-state index is 12.8. The molecule has 0 saturated heterocycles. The van der Waals surface area contributed by atoms with Crippen LogP contribution in [0.25, 0.3) is 11.4 Å². The van der Waals surface area contributed by atoms with Crippen molar-refractivity contribution in [3.63, 3.8) is 0 Å². The van der Waals surface area contributed by atoms with E-state index in [0.717, 1.165) is 11.8 Å². The van der Waals surface area contributed by atoms with E-state index in [0.29, 0.717) is 22.9 Å². The van der Waals surface area contributed by atoms with Gasteiger partial charge in [-0.05, 0) is 29.8 Å². The third kappa shape index (κ3) is 4.96. The molecule has 2 aromatic carbocycles. The number of nitrogens with one attached hydrogen (secondary N) is 1. The molecule has 0 amide bonds. The molecule has 5 nitrogen and oxygen atoms in total. The van der Waals surface area contributed by atoms with E-state index in [-0.39, 0.29) is 18.4 Å². The molecule has 0 aliphatic heterocycles. The number of ether oxygens (including phenoxy) is 3. The summed E-state index contributed by atoms with van der Waals surface area (Å²) in [4.78, 5) is 6.12. The van der Waals surface area contributed by atoms with Crippen molar-refractivity contribution in [1.29, 1.82) is 0 Å². The number of benzene rings is 2. The van der Waals surface area contributed by atoms with E-state index in [1.54, 1.807) is 30.3 Å². The summed E-state index contributed by atoms with van der Waals surface area (Å²) in [5.74, 6) is 0.786. The van der Waals surface area contributed by atoms with Gasteiger partial charge in [0.05, 0.1) is 5.56 Å². The Morgan fingerprint density at radius 1 is 1.07 bits per heavy atom. The van der Waals surface area contributed by atoms with Crippen molar-refractivity contribution < 1.29 is 27.4 Å². The molecule has 0 saturated carbocycles. The fourth-order valence-corrected chi connectivity index (χ4v) is 2.51. The Bertz CT molecular complexity index is 927. The number of aromatic amines is 1. The largest absolute Gasteiger partial charge is 0.489 e. The molecule has 0 radical (unpaired) electrons. The van der Waals surface area contributed by atoms with Gasteiger partial charge < -0.3 is 19.2 Å². The highest BCUT2D eigenvalue weighted by atomic mass is 35.5. The van der Waals surface area contributed by atoms with E-state index in [2.05, 4.69) is 9.97 Å². The minimum absolute atomic E-state index is 0.0303. The zero-order valence-corrected chi connectivity index (χ0v) is 15.5. The molecule has 0 atom stereocenters. The first kappa shape index (κ1) is 20.0. The molecule has 3 rings (SSSR count). The Hall–Kier alpha value is -2.71. The van der Waals surface area contributed by atoms with Crippen molar-refractivity contribution in [3.05, 3.63) is 64.9 Å². The van der Waals surface area contributed by atoms with E-state index in [1.165, 1.54) is 7.11 Å². The molecule has 0 fully saturated rings. The fraction of sp³-hybridized carbons (Fsp3) is 0.211. The molecule has 9 heteroatoms. The van der Waals surface area contributed by atoms with Crippen molar-refractivity contribution in [1.82, 2.24) is 9.97 Å². The van der Waals surface area contributed by atoms with Gasteiger partial charge in [-0.15, -0.1) is 0 Å². The molecule has 1 aromatic heterocycles. The monoisotopic (exact) mass is 412 g/mol. The van der Waals surface area contributed by atoms with Crippen LogP contribution in [0, 0.1) is 0 Å². The molecule has 148 valence electrons. The van der Waals surface area contributed by atoms with Gasteiger partial charge >= 0.3 is 6.18 Å². The van der Waals surface area contributed by atoms with Crippen LogP contribution in [0.3, 0.4) is 0 Å². The van der Waals surface area contributed by atoms with Gasteiger partial charge in [0.1, 0.15) is 23.9 Å². The number of halogens is 4. The topological polar surface area (TPSA) is 56.4 Å². The highest BCUT2D eigenvalue weighted by molar-refractivity contribution is 6.30. The van der Waals surface area contributed by atoms with Crippen LogP contribution in [0.15, 0.2) is 48.7 Å². The molecule has 0 spiro atoms. The summed E-state index contributed by atoms with van der Waals surface area (Å²) in [7, 11) is 1.44. The van der Waals surface area contributed by atoms with E-state index < -0.39 is 11.9 Å². The van der Waals surface area contributed by atoms with Crippen LogP contribution in [0.1, 0.15) is 11.3 Å². The van der Waals surface area contributed by atoms with Gasteiger partial charge in [-0.1, -0.05) is 23.7 Å². The number of imidazole rings is 1. The van der Waals surface area contributed by atoms with Gasteiger partial charge in [-0.3, -0.25) is 0 Å². The Morgan fingerprint density at radius 3 is 2.46 bits per heavy atom. The lowest BCUT2D eigenvalue weighted by molar-refractivity contribution is -0.140. The lowest BCUT2D eigenvalue weighted by Crippen LogP contribution is -2.05. The second-order valence-corrected chi connectivity index (χ2v) is 6.19. The molecule has 3 aromatic rings. The molecule has 28 heavy (non-hydrogen) atoms. The van der Waals surface area contributed by atoms with Crippen LogP contribution >= 0.6 is 11.6 Å². The number of rotatable bonds is 7. The molecule has 1 heterocycles. The van der Waals surface area contributed by atoms with Crippen molar-refractivity contribution in [2.24, 2.45) is 0 Å². The number of hydrogen-bond donors (Lipinski definition) is 1. The van der Waals surface area contributed by atoms with E-state index in [9.17, 15) is 13.2 Å². The lowest BCUT2D eigenvalue weighted by atomic mass is 10.2. The smallest absolute Gasteiger partial charge is 0.434 e. The van der Waals surface area contributed by atoms with Gasteiger partial charge in [0.25, 0.3) is 0 Å². The van der Waals surface area contributed by atoms with Gasteiger partial charge in [0, 0.05) is 24.4 Å². The molecule has 0 aliphatic carbocycles. The average molecular weight is 413 g/mol. The van der Waals surface area contributed by atoms with Crippen LogP contribution in [0.4, 0.5) is 13.2 Å². The zero-order chi connectivity index (χ0) is 20.1. The summed E-state index contributed by atoms with van der Waals surface area (Å²) in [5.41, 5.74) is 0.253. The zero-order valence-electron chi connectivity index (χ0n) is 14.7. The van der Waals surface area contributed by atoms with Crippen LogP contribution in [-0.2, 0) is 17.5 Å². The Labute approximate surface area is 164 Å². The van der Waals surface area contributed by atoms with Crippen molar-refractivity contribution >= 4 is 11.6 Å². The van der Waals surface area contributed by atoms with Gasteiger partial charge in [-0.2, -0.15) is 13.2 Å². The Morgan fingerprint density at radius 2 is 1.82 bits per heavy atom. The van der Waals surface area contributed by atoms with Gasteiger partial charge in [-0.25, -0.2) is 4.98 Å². The quantitative estimate of drug-likeness (QED) is 0.534. The number of alkyl halides is 3. The third-order valence-corrected chi connectivity index (χ3v) is 3.98. The maximum atomic E-state index is 12.8. The minimum atomic E-state index is -4.54.